The third-order valence-corrected chi connectivity index (χ3v) is 4.09. The molecule has 2 N–H and O–H groups in total. The minimum absolute atomic E-state index is 0.141. The molecule has 2 rings (SSSR count). The number of benzene rings is 1. The third kappa shape index (κ3) is 3.94. The van der Waals surface area contributed by atoms with E-state index in [1.54, 1.807) is 6.07 Å². The SMILES string of the molecule is CCC(C)C(O)CNC(=O)C1COc2ccc(F)cc2C1. The Morgan fingerprint density at radius 1 is 1.57 bits per heavy atom. The summed E-state index contributed by atoms with van der Waals surface area (Å²) in [5.41, 5.74) is 0.712. The Labute approximate surface area is 124 Å². The molecular formula is C16H22FNO3. The molecule has 1 aliphatic heterocycles. The van der Waals surface area contributed by atoms with Gasteiger partial charge in [0, 0.05) is 6.54 Å². The highest BCUT2D eigenvalue weighted by molar-refractivity contribution is 5.79. The number of hydrogen-bond acceptors (Lipinski definition) is 3. The van der Waals surface area contributed by atoms with Gasteiger partial charge in [-0.15, -0.1) is 0 Å². The van der Waals surface area contributed by atoms with E-state index in [2.05, 4.69) is 5.32 Å². The highest BCUT2D eigenvalue weighted by Gasteiger charge is 2.26. The molecular weight excluding hydrogens is 273 g/mol. The number of amides is 1. The van der Waals surface area contributed by atoms with Crippen LogP contribution in [0.5, 0.6) is 5.75 Å². The lowest BCUT2D eigenvalue weighted by molar-refractivity contribution is -0.126. The maximum absolute atomic E-state index is 13.2. The van der Waals surface area contributed by atoms with Crippen LogP contribution >= 0.6 is 0 Å². The number of aliphatic hydroxyl groups excluding tert-OH is 1. The number of carbonyl (C=O) groups excluding carboxylic acids is 1. The predicted octanol–water partition coefficient (Wildman–Crippen LogP) is 1.90. The second-order valence-electron chi connectivity index (χ2n) is 5.66. The van der Waals surface area contributed by atoms with Crippen LogP contribution in [0.2, 0.25) is 0 Å². The fourth-order valence-electron chi connectivity index (χ4n) is 2.35. The molecule has 1 aromatic carbocycles. The van der Waals surface area contributed by atoms with E-state index < -0.39 is 6.10 Å². The van der Waals surface area contributed by atoms with Crippen molar-refractivity contribution < 1.29 is 19.0 Å². The third-order valence-electron chi connectivity index (χ3n) is 4.09. The average molecular weight is 295 g/mol. The van der Waals surface area contributed by atoms with Gasteiger partial charge in [0.05, 0.1) is 12.0 Å². The molecule has 1 amide bonds. The Balaban J connectivity index is 1.90. The van der Waals surface area contributed by atoms with Gasteiger partial charge < -0.3 is 15.2 Å². The van der Waals surface area contributed by atoms with E-state index in [0.717, 1.165) is 6.42 Å². The van der Waals surface area contributed by atoms with Crippen molar-refractivity contribution in [3.8, 4) is 5.75 Å². The summed E-state index contributed by atoms with van der Waals surface area (Å²) in [5.74, 6) is -0.0517. The second kappa shape index (κ2) is 6.89. The van der Waals surface area contributed by atoms with E-state index >= 15 is 0 Å². The molecule has 5 heteroatoms. The second-order valence-corrected chi connectivity index (χ2v) is 5.66. The van der Waals surface area contributed by atoms with Crippen LogP contribution < -0.4 is 10.1 Å². The van der Waals surface area contributed by atoms with Crippen molar-refractivity contribution >= 4 is 5.91 Å². The number of nitrogens with one attached hydrogen (secondary N) is 1. The first-order valence-electron chi connectivity index (χ1n) is 7.38. The van der Waals surface area contributed by atoms with Gasteiger partial charge in [-0.1, -0.05) is 20.3 Å². The van der Waals surface area contributed by atoms with Crippen molar-refractivity contribution in [2.45, 2.75) is 32.8 Å². The fourth-order valence-corrected chi connectivity index (χ4v) is 2.35. The Morgan fingerprint density at radius 3 is 3.05 bits per heavy atom. The minimum atomic E-state index is -0.548. The quantitative estimate of drug-likeness (QED) is 0.872. The van der Waals surface area contributed by atoms with Crippen molar-refractivity contribution in [2.75, 3.05) is 13.2 Å². The van der Waals surface area contributed by atoms with Gasteiger partial charge in [0.15, 0.2) is 0 Å². The van der Waals surface area contributed by atoms with Gasteiger partial charge in [-0.3, -0.25) is 4.79 Å². The van der Waals surface area contributed by atoms with Crippen LogP contribution in [-0.2, 0) is 11.2 Å². The van der Waals surface area contributed by atoms with Crippen LogP contribution in [0.25, 0.3) is 0 Å². The molecule has 3 atom stereocenters. The lowest BCUT2D eigenvalue weighted by Gasteiger charge is -2.25. The highest BCUT2D eigenvalue weighted by Crippen LogP contribution is 2.27. The number of carbonyl (C=O) groups is 1. The van der Waals surface area contributed by atoms with Crippen LogP contribution in [0, 0.1) is 17.7 Å². The molecule has 0 radical (unpaired) electrons. The first kappa shape index (κ1) is 15.8. The summed E-state index contributed by atoms with van der Waals surface area (Å²) in [6, 6.07) is 4.34. The van der Waals surface area contributed by atoms with E-state index in [-0.39, 0.29) is 36.7 Å². The summed E-state index contributed by atoms with van der Waals surface area (Å²) >= 11 is 0. The maximum atomic E-state index is 13.2. The molecule has 1 heterocycles. The van der Waals surface area contributed by atoms with E-state index in [0.29, 0.717) is 17.7 Å². The number of halogens is 1. The smallest absolute Gasteiger partial charge is 0.226 e. The molecule has 0 spiro atoms. The predicted molar refractivity (Wildman–Crippen MR) is 77.6 cm³/mol. The molecule has 0 bridgehead atoms. The van der Waals surface area contributed by atoms with Crippen molar-refractivity contribution in [3.63, 3.8) is 0 Å². The minimum Gasteiger partial charge on any atom is -0.492 e. The Bertz CT molecular complexity index is 506. The molecule has 0 saturated heterocycles. The summed E-state index contributed by atoms with van der Waals surface area (Å²) in [6.07, 6.45) is 0.766. The number of fused-ring (bicyclic) bond motifs is 1. The number of hydrogen-bond donors (Lipinski definition) is 2. The van der Waals surface area contributed by atoms with Crippen LogP contribution in [0.4, 0.5) is 4.39 Å². The molecule has 0 aliphatic carbocycles. The van der Waals surface area contributed by atoms with Crippen LogP contribution in [0.1, 0.15) is 25.8 Å². The van der Waals surface area contributed by atoms with E-state index in [1.807, 2.05) is 13.8 Å². The zero-order valence-corrected chi connectivity index (χ0v) is 12.4. The maximum Gasteiger partial charge on any atom is 0.226 e. The summed E-state index contributed by atoms with van der Waals surface area (Å²) in [7, 11) is 0. The average Bonchev–Trinajstić information content (AvgIpc) is 2.50. The van der Waals surface area contributed by atoms with Gasteiger partial charge >= 0.3 is 0 Å². The van der Waals surface area contributed by atoms with E-state index in [1.165, 1.54) is 12.1 Å². The topological polar surface area (TPSA) is 58.6 Å². The Kier molecular flexibility index (Phi) is 5.17. The molecule has 1 aromatic rings. The van der Waals surface area contributed by atoms with Crippen molar-refractivity contribution in [1.29, 1.82) is 0 Å². The van der Waals surface area contributed by atoms with E-state index in [4.69, 9.17) is 4.74 Å². The summed E-state index contributed by atoms with van der Waals surface area (Å²) in [4.78, 5) is 12.1. The molecule has 3 unspecified atom stereocenters. The van der Waals surface area contributed by atoms with Crippen LogP contribution in [0.15, 0.2) is 18.2 Å². The van der Waals surface area contributed by atoms with Gasteiger partial charge in [-0.25, -0.2) is 4.39 Å². The fraction of sp³-hybridized carbons (Fsp3) is 0.562. The normalized spacial score (nSPS) is 20.1. The first-order chi connectivity index (χ1) is 10.0. The summed E-state index contributed by atoms with van der Waals surface area (Å²) in [5, 5.41) is 12.6. The largest absolute Gasteiger partial charge is 0.492 e. The summed E-state index contributed by atoms with van der Waals surface area (Å²) in [6.45, 7) is 4.46. The molecule has 0 aromatic heterocycles. The molecule has 0 fully saturated rings. The highest BCUT2D eigenvalue weighted by atomic mass is 19.1. The zero-order chi connectivity index (χ0) is 15.4. The number of rotatable bonds is 5. The van der Waals surface area contributed by atoms with Crippen molar-refractivity contribution in [1.82, 2.24) is 5.32 Å². The number of aliphatic hydroxyl groups is 1. The lowest BCUT2D eigenvalue weighted by atomic mass is 9.95. The Morgan fingerprint density at radius 2 is 2.33 bits per heavy atom. The van der Waals surface area contributed by atoms with Crippen LogP contribution in [-0.4, -0.2) is 30.3 Å². The van der Waals surface area contributed by atoms with Crippen LogP contribution in [0.3, 0.4) is 0 Å². The van der Waals surface area contributed by atoms with Gasteiger partial charge in [-0.2, -0.15) is 0 Å². The van der Waals surface area contributed by atoms with Gasteiger partial charge in [0.2, 0.25) is 5.91 Å². The number of ether oxygens (including phenoxy) is 1. The molecule has 1 aliphatic rings. The molecule has 21 heavy (non-hydrogen) atoms. The summed E-state index contributed by atoms with van der Waals surface area (Å²) < 4.78 is 18.7. The Hall–Kier alpha value is -1.62. The zero-order valence-electron chi connectivity index (χ0n) is 12.4. The van der Waals surface area contributed by atoms with E-state index in [9.17, 15) is 14.3 Å². The van der Waals surface area contributed by atoms with Gasteiger partial charge in [0.1, 0.15) is 18.2 Å². The van der Waals surface area contributed by atoms with Gasteiger partial charge in [0.25, 0.3) is 0 Å². The van der Waals surface area contributed by atoms with Gasteiger partial charge in [-0.05, 0) is 36.1 Å². The first-order valence-corrected chi connectivity index (χ1v) is 7.38. The van der Waals surface area contributed by atoms with Crippen molar-refractivity contribution in [2.24, 2.45) is 11.8 Å². The molecule has 0 saturated carbocycles. The molecule has 4 nitrogen and oxygen atoms in total. The monoisotopic (exact) mass is 295 g/mol. The molecule has 116 valence electrons. The van der Waals surface area contributed by atoms with Crippen molar-refractivity contribution in [3.05, 3.63) is 29.6 Å². The lowest BCUT2D eigenvalue weighted by Crippen LogP contribution is -2.42. The standard InChI is InChI=1S/C16H22FNO3/c1-3-10(2)14(19)8-18-16(20)12-6-11-7-13(17)4-5-15(11)21-9-12/h4-5,7,10,12,14,19H,3,6,8-9H2,1-2H3,(H,18,20).